The lowest BCUT2D eigenvalue weighted by molar-refractivity contribution is 0.0815. The average molecular weight is 497 g/mol. The van der Waals surface area contributed by atoms with E-state index >= 15 is 0 Å². The Hall–Kier alpha value is -3.38. The Kier molecular flexibility index (Phi) is 7.52. The number of hydrogen-bond donors (Lipinski definition) is 2. The number of aromatic nitrogens is 6. The largest absolute Gasteiger partial charge is 0.458 e. The monoisotopic (exact) mass is 496 g/mol. The van der Waals surface area contributed by atoms with Crippen LogP contribution in [0.1, 0.15) is 54.8 Å². The topological polar surface area (TPSA) is 140 Å². The van der Waals surface area contributed by atoms with Crippen molar-refractivity contribution in [2.45, 2.75) is 50.7 Å². The molecule has 0 radical (unpaired) electrons. The van der Waals surface area contributed by atoms with E-state index in [-0.39, 0.29) is 29.9 Å². The van der Waals surface area contributed by atoms with E-state index in [1.54, 1.807) is 13.3 Å². The lowest BCUT2D eigenvalue weighted by Crippen LogP contribution is -2.36. The molecule has 2 aliphatic rings. The second-order valence-corrected chi connectivity index (χ2v) is 9.24. The zero-order valence-electron chi connectivity index (χ0n) is 20.6. The SMILES string of the molecule is COC[C@@H](C)Oc1nc(C(=O)NC[C@H]2CCCO2)nc(N2CCC(c3[nH]nc4ncccc34)CC2)n1. The van der Waals surface area contributed by atoms with Gasteiger partial charge in [0.15, 0.2) is 5.65 Å². The molecule has 12 heteroatoms. The summed E-state index contributed by atoms with van der Waals surface area (Å²) in [6, 6.07) is 4.09. The summed E-state index contributed by atoms with van der Waals surface area (Å²) in [5.74, 6) is 0.417. The molecule has 3 aromatic rings. The van der Waals surface area contributed by atoms with Gasteiger partial charge in [0.05, 0.1) is 12.7 Å². The number of carbonyl (C=O) groups is 1. The summed E-state index contributed by atoms with van der Waals surface area (Å²) in [5, 5.41) is 11.5. The van der Waals surface area contributed by atoms with Crippen molar-refractivity contribution in [2.24, 2.45) is 0 Å². The highest BCUT2D eigenvalue weighted by Crippen LogP contribution is 2.32. The van der Waals surface area contributed by atoms with Crippen LogP contribution in [0.5, 0.6) is 6.01 Å². The lowest BCUT2D eigenvalue weighted by Gasteiger charge is -2.31. The second-order valence-electron chi connectivity index (χ2n) is 9.24. The predicted octanol–water partition coefficient (Wildman–Crippen LogP) is 1.85. The number of amides is 1. The highest BCUT2D eigenvalue weighted by Gasteiger charge is 2.27. The number of nitrogens with one attached hydrogen (secondary N) is 2. The molecule has 0 saturated carbocycles. The summed E-state index contributed by atoms with van der Waals surface area (Å²) in [6.45, 7) is 4.83. The molecule has 36 heavy (non-hydrogen) atoms. The minimum Gasteiger partial charge on any atom is -0.458 e. The number of fused-ring (bicyclic) bond motifs is 1. The Balaban J connectivity index is 1.30. The Morgan fingerprint density at radius 1 is 1.28 bits per heavy atom. The molecule has 0 spiro atoms. The molecule has 2 aliphatic heterocycles. The molecule has 2 saturated heterocycles. The van der Waals surface area contributed by atoms with E-state index in [9.17, 15) is 4.79 Å². The van der Waals surface area contributed by atoms with Crippen molar-refractivity contribution in [1.82, 2.24) is 35.5 Å². The molecule has 2 fully saturated rings. The highest BCUT2D eigenvalue weighted by molar-refractivity contribution is 5.90. The third-order valence-corrected chi connectivity index (χ3v) is 6.57. The number of nitrogens with zero attached hydrogens (tertiary/aromatic N) is 6. The number of ether oxygens (including phenoxy) is 3. The number of H-pyrrole nitrogens is 1. The van der Waals surface area contributed by atoms with E-state index in [0.717, 1.165) is 62.1 Å². The molecule has 5 heterocycles. The number of methoxy groups -OCH3 is 1. The zero-order chi connectivity index (χ0) is 24.9. The molecular formula is C24H32N8O4. The van der Waals surface area contributed by atoms with Gasteiger partial charge in [-0.25, -0.2) is 4.98 Å². The summed E-state index contributed by atoms with van der Waals surface area (Å²) in [7, 11) is 1.60. The van der Waals surface area contributed by atoms with Crippen molar-refractivity contribution in [3.8, 4) is 6.01 Å². The molecule has 192 valence electrons. The first-order valence-corrected chi connectivity index (χ1v) is 12.5. The normalized spacial score (nSPS) is 19.5. The Labute approximate surface area is 209 Å². The smallest absolute Gasteiger partial charge is 0.322 e. The first-order valence-electron chi connectivity index (χ1n) is 12.5. The third-order valence-electron chi connectivity index (χ3n) is 6.57. The van der Waals surface area contributed by atoms with Gasteiger partial charge in [0, 0.05) is 56.5 Å². The molecule has 2 atom stereocenters. The Bertz CT molecular complexity index is 1170. The molecular weight excluding hydrogens is 464 g/mol. The molecule has 0 aromatic carbocycles. The minimum absolute atomic E-state index is 0.0282. The summed E-state index contributed by atoms with van der Waals surface area (Å²) in [6.07, 6.45) is 5.21. The van der Waals surface area contributed by atoms with Gasteiger partial charge in [-0.1, -0.05) is 0 Å². The third kappa shape index (κ3) is 5.54. The van der Waals surface area contributed by atoms with Crippen LogP contribution in [0.4, 0.5) is 5.95 Å². The highest BCUT2D eigenvalue weighted by atomic mass is 16.5. The van der Waals surface area contributed by atoms with Gasteiger partial charge in [0.2, 0.25) is 11.8 Å². The number of carbonyl (C=O) groups excluding carboxylic acids is 1. The molecule has 0 unspecified atom stereocenters. The van der Waals surface area contributed by atoms with Crippen LogP contribution in [0.25, 0.3) is 11.0 Å². The minimum atomic E-state index is -0.371. The van der Waals surface area contributed by atoms with Crippen LogP contribution in [0.2, 0.25) is 0 Å². The van der Waals surface area contributed by atoms with Gasteiger partial charge >= 0.3 is 6.01 Å². The number of rotatable bonds is 9. The van der Waals surface area contributed by atoms with Gasteiger partial charge in [-0.3, -0.25) is 9.89 Å². The van der Waals surface area contributed by atoms with Crippen molar-refractivity contribution in [2.75, 3.05) is 44.9 Å². The molecule has 1 amide bonds. The van der Waals surface area contributed by atoms with Gasteiger partial charge in [-0.2, -0.15) is 20.1 Å². The fraction of sp³-hybridized carbons (Fsp3) is 0.583. The first kappa shape index (κ1) is 24.3. The van der Waals surface area contributed by atoms with E-state index < -0.39 is 0 Å². The van der Waals surface area contributed by atoms with Crippen LogP contribution in [0.3, 0.4) is 0 Å². The molecule has 3 aromatic heterocycles. The van der Waals surface area contributed by atoms with Gasteiger partial charge < -0.3 is 24.4 Å². The van der Waals surface area contributed by atoms with Crippen LogP contribution >= 0.6 is 0 Å². The van der Waals surface area contributed by atoms with E-state index in [0.29, 0.717) is 25.0 Å². The fourth-order valence-electron chi connectivity index (χ4n) is 4.73. The standard InChI is InChI=1S/C24H32N8O4/c1-15(14-34-2)36-24-28-21(22(33)26-13-17-5-4-12-35-17)27-23(29-24)32-10-7-16(8-11-32)19-18-6-3-9-25-20(18)31-30-19/h3,6,9,15-17H,4-5,7-8,10-14H2,1-2H3,(H,26,33)(H,25,30,31)/t15-,17-/m1/s1. The molecule has 12 nitrogen and oxygen atoms in total. The van der Waals surface area contributed by atoms with E-state index in [2.05, 4.69) is 40.3 Å². The zero-order valence-corrected chi connectivity index (χ0v) is 20.6. The molecule has 2 N–H and O–H groups in total. The quantitative estimate of drug-likeness (QED) is 0.451. The summed E-state index contributed by atoms with van der Waals surface area (Å²) in [5.41, 5.74) is 1.85. The van der Waals surface area contributed by atoms with Gasteiger partial charge in [-0.15, -0.1) is 0 Å². The number of piperidine rings is 1. The van der Waals surface area contributed by atoms with Gasteiger partial charge in [0.25, 0.3) is 5.91 Å². The molecule has 5 rings (SSSR count). The fourth-order valence-corrected chi connectivity index (χ4v) is 4.73. The van der Waals surface area contributed by atoms with Crippen LogP contribution in [-0.2, 0) is 9.47 Å². The van der Waals surface area contributed by atoms with E-state index in [1.807, 2.05) is 19.1 Å². The molecule has 0 bridgehead atoms. The van der Waals surface area contributed by atoms with E-state index in [1.165, 1.54) is 0 Å². The lowest BCUT2D eigenvalue weighted by atomic mass is 9.92. The van der Waals surface area contributed by atoms with Crippen LogP contribution in [-0.4, -0.2) is 88.2 Å². The summed E-state index contributed by atoms with van der Waals surface area (Å²) in [4.78, 5) is 32.6. The van der Waals surface area contributed by atoms with Crippen LogP contribution in [0.15, 0.2) is 18.3 Å². The maximum atomic E-state index is 12.9. The summed E-state index contributed by atoms with van der Waals surface area (Å²) < 4.78 is 16.6. The maximum Gasteiger partial charge on any atom is 0.322 e. The second kappa shape index (κ2) is 11.1. The number of hydrogen-bond acceptors (Lipinski definition) is 10. The van der Waals surface area contributed by atoms with Crippen molar-refractivity contribution in [3.63, 3.8) is 0 Å². The maximum absolute atomic E-state index is 12.9. The summed E-state index contributed by atoms with van der Waals surface area (Å²) >= 11 is 0. The molecule has 0 aliphatic carbocycles. The first-order chi connectivity index (χ1) is 17.6. The van der Waals surface area contributed by atoms with Crippen molar-refractivity contribution >= 4 is 22.9 Å². The van der Waals surface area contributed by atoms with Crippen LogP contribution < -0.4 is 15.0 Å². The van der Waals surface area contributed by atoms with Gasteiger partial charge in [0.1, 0.15) is 6.10 Å². The number of pyridine rings is 1. The van der Waals surface area contributed by atoms with Crippen molar-refractivity contribution < 1.29 is 19.0 Å². The Morgan fingerprint density at radius 2 is 2.14 bits per heavy atom. The van der Waals surface area contributed by atoms with Crippen molar-refractivity contribution in [3.05, 3.63) is 29.8 Å². The Morgan fingerprint density at radius 3 is 2.92 bits per heavy atom. The number of aromatic amines is 1. The van der Waals surface area contributed by atoms with Crippen LogP contribution in [0, 0.1) is 0 Å². The predicted molar refractivity (Wildman–Crippen MR) is 131 cm³/mol. The van der Waals surface area contributed by atoms with Crippen molar-refractivity contribution in [1.29, 1.82) is 0 Å². The number of anilines is 1. The van der Waals surface area contributed by atoms with E-state index in [4.69, 9.17) is 14.2 Å². The van der Waals surface area contributed by atoms with Gasteiger partial charge in [-0.05, 0) is 44.7 Å². The average Bonchev–Trinajstić information content (AvgIpc) is 3.57.